The van der Waals surface area contributed by atoms with Crippen molar-refractivity contribution in [3.8, 4) is 11.5 Å². The first-order chi connectivity index (χ1) is 17.7. The molecule has 192 valence electrons. The highest BCUT2D eigenvalue weighted by Gasteiger charge is 2.18. The molecule has 3 aromatic carbocycles. The zero-order chi connectivity index (χ0) is 26.7. The molecule has 0 aliphatic carbocycles. The van der Waals surface area contributed by atoms with Crippen LogP contribution in [0, 0.1) is 0 Å². The van der Waals surface area contributed by atoms with E-state index in [4.69, 9.17) is 9.47 Å². The van der Waals surface area contributed by atoms with Crippen molar-refractivity contribution in [2.75, 3.05) is 6.61 Å². The summed E-state index contributed by atoms with van der Waals surface area (Å²) in [6.07, 6.45) is 2.16. The third-order valence-electron chi connectivity index (χ3n) is 5.35. The second kappa shape index (κ2) is 12.5. The molecule has 6 nitrogen and oxygen atoms in total. The molecule has 1 heterocycles. The Labute approximate surface area is 256 Å². The average molecular weight is 822 g/mol. The van der Waals surface area contributed by atoms with Gasteiger partial charge in [-0.15, -0.1) is 0 Å². The number of hydrogen-bond acceptors (Lipinski definition) is 5. The Kier molecular flexibility index (Phi) is 9.66. The number of aryl methyl sites for hydroxylation is 1. The van der Waals surface area contributed by atoms with Crippen molar-refractivity contribution in [2.45, 2.75) is 26.9 Å². The molecular weight excluding hydrogens is 802 g/mol. The van der Waals surface area contributed by atoms with Crippen LogP contribution in [0.3, 0.4) is 0 Å². The summed E-state index contributed by atoms with van der Waals surface area (Å²) in [4.78, 5) is 17.9. The molecule has 0 radical (unpaired) electrons. The molecule has 0 saturated heterocycles. The minimum Gasteiger partial charge on any atom is -0.490 e. The van der Waals surface area contributed by atoms with Gasteiger partial charge in [-0.3, -0.25) is 4.79 Å². The van der Waals surface area contributed by atoms with Crippen LogP contribution in [0.5, 0.6) is 11.5 Å². The summed E-state index contributed by atoms with van der Waals surface area (Å²) in [6.45, 7) is 4.63. The van der Waals surface area contributed by atoms with E-state index in [0.29, 0.717) is 62.4 Å². The highest BCUT2D eigenvalue weighted by Crippen LogP contribution is 2.43. The van der Waals surface area contributed by atoms with Crippen LogP contribution < -0.4 is 15.0 Å². The third kappa shape index (κ3) is 6.38. The summed E-state index contributed by atoms with van der Waals surface area (Å²) < 4.78 is 17.5. The van der Waals surface area contributed by atoms with E-state index in [1.807, 2.05) is 50.2 Å². The van der Waals surface area contributed by atoms with E-state index < -0.39 is 0 Å². The van der Waals surface area contributed by atoms with Crippen LogP contribution in [0.1, 0.15) is 30.8 Å². The highest BCUT2D eigenvalue weighted by atomic mass is 79.9. The van der Waals surface area contributed by atoms with Gasteiger partial charge in [0.2, 0.25) is 0 Å². The Hall–Kier alpha value is -1.53. The van der Waals surface area contributed by atoms with E-state index in [-0.39, 0.29) is 5.56 Å². The smallest absolute Gasteiger partial charge is 0.282 e. The normalized spacial score (nSPS) is 11.4. The van der Waals surface area contributed by atoms with Crippen LogP contribution in [0.25, 0.3) is 10.9 Å². The molecule has 0 spiro atoms. The summed E-state index contributed by atoms with van der Waals surface area (Å²) >= 11 is 17.8. The Balaban J connectivity index is 1.73. The summed E-state index contributed by atoms with van der Waals surface area (Å²) in [6, 6.07) is 13.2. The number of ether oxygens (including phenoxy) is 2. The van der Waals surface area contributed by atoms with E-state index in [0.717, 1.165) is 19.0 Å². The van der Waals surface area contributed by atoms with Gasteiger partial charge in [0.05, 0.1) is 28.2 Å². The van der Waals surface area contributed by atoms with Crippen molar-refractivity contribution < 1.29 is 9.47 Å². The Morgan fingerprint density at radius 3 is 2.38 bits per heavy atom. The van der Waals surface area contributed by atoms with Gasteiger partial charge in [-0.05, 0) is 75.2 Å². The number of benzene rings is 3. The fourth-order valence-electron chi connectivity index (χ4n) is 3.55. The maximum atomic E-state index is 13.2. The summed E-state index contributed by atoms with van der Waals surface area (Å²) in [5, 5.41) is 5.00. The lowest BCUT2D eigenvalue weighted by molar-refractivity contribution is 0.267. The largest absolute Gasteiger partial charge is 0.490 e. The molecule has 0 saturated carbocycles. The molecule has 0 bridgehead atoms. The van der Waals surface area contributed by atoms with Crippen molar-refractivity contribution in [1.29, 1.82) is 0 Å². The first kappa shape index (κ1) is 28.5. The maximum Gasteiger partial charge on any atom is 0.282 e. The standard InChI is InChI=1S/C26H20Br5N3O3/c1-3-22-33-20-8-7-16(27)10-18(20)26(35)34(22)32-12-15-9-21(36-4-2)25(24(31)23(15)30)37-13-14-5-6-17(28)11-19(14)29/h5-12H,3-4,13H2,1-2H3. The van der Waals surface area contributed by atoms with E-state index in [1.54, 1.807) is 12.3 Å². The average Bonchev–Trinajstić information content (AvgIpc) is 2.87. The highest BCUT2D eigenvalue weighted by molar-refractivity contribution is 9.13. The second-order valence-electron chi connectivity index (χ2n) is 7.78. The molecule has 37 heavy (non-hydrogen) atoms. The lowest BCUT2D eigenvalue weighted by atomic mass is 10.2. The maximum absolute atomic E-state index is 13.2. The van der Waals surface area contributed by atoms with Crippen LogP contribution in [0.2, 0.25) is 0 Å². The molecule has 4 rings (SSSR count). The molecule has 0 aliphatic heterocycles. The first-order valence-electron chi connectivity index (χ1n) is 11.2. The Bertz CT molecular complexity index is 1570. The number of halogens is 5. The fraction of sp³-hybridized carbons (Fsp3) is 0.192. The van der Waals surface area contributed by atoms with Gasteiger partial charge in [-0.25, -0.2) is 4.98 Å². The van der Waals surface area contributed by atoms with Gasteiger partial charge in [-0.2, -0.15) is 9.78 Å². The molecule has 11 heteroatoms. The Morgan fingerprint density at radius 1 is 0.946 bits per heavy atom. The van der Waals surface area contributed by atoms with Crippen molar-refractivity contribution in [2.24, 2.45) is 5.10 Å². The molecule has 0 amide bonds. The van der Waals surface area contributed by atoms with Crippen molar-refractivity contribution in [3.63, 3.8) is 0 Å². The van der Waals surface area contributed by atoms with E-state index >= 15 is 0 Å². The SMILES string of the molecule is CCOc1cc(C=Nn2c(CC)nc3ccc(Br)cc3c2=O)c(Br)c(Br)c1OCc1ccc(Br)cc1Br. The molecule has 0 fully saturated rings. The predicted molar refractivity (Wildman–Crippen MR) is 165 cm³/mol. The van der Waals surface area contributed by atoms with Crippen LogP contribution >= 0.6 is 79.6 Å². The summed E-state index contributed by atoms with van der Waals surface area (Å²) in [5.74, 6) is 1.68. The summed E-state index contributed by atoms with van der Waals surface area (Å²) in [5.41, 5.74) is 2.09. The monoisotopic (exact) mass is 817 g/mol. The van der Waals surface area contributed by atoms with Gasteiger partial charge in [0, 0.05) is 35.4 Å². The second-order valence-corrected chi connectivity index (χ2v) is 12.1. The molecule has 1 aromatic heterocycles. The number of rotatable bonds is 8. The molecule has 4 aromatic rings. The quantitative estimate of drug-likeness (QED) is 0.167. The van der Waals surface area contributed by atoms with Crippen LogP contribution in [0.15, 0.2) is 74.7 Å². The zero-order valence-corrected chi connectivity index (χ0v) is 27.6. The van der Waals surface area contributed by atoms with Crippen LogP contribution in [-0.2, 0) is 13.0 Å². The number of nitrogens with zero attached hydrogens (tertiary/aromatic N) is 3. The van der Waals surface area contributed by atoms with E-state index in [2.05, 4.69) is 89.7 Å². The van der Waals surface area contributed by atoms with Gasteiger partial charge >= 0.3 is 0 Å². The van der Waals surface area contributed by atoms with Crippen LogP contribution in [-0.4, -0.2) is 22.5 Å². The number of hydrogen-bond donors (Lipinski definition) is 0. The molecule has 0 aliphatic rings. The van der Waals surface area contributed by atoms with Crippen molar-refractivity contribution >= 4 is 96.8 Å². The minimum atomic E-state index is -0.236. The van der Waals surface area contributed by atoms with Gasteiger partial charge in [0.1, 0.15) is 12.4 Å². The Morgan fingerprint density at radius 2 is 1.68 bits per heavy atom. The van der Waals surface area contributed by atoms with Gasteiger partial charge in [-0.1, -0.05) is 60.8 Å². The zero-order valence-electron chi connectivity index (χ0n) is 19.7. The molecule has 0 N–H and O–H groups in total. The topological polar surface area (TPSA) is 65.7 Å². The molecular formula is C26H20Br5N3O3. The molecule has 0 unspecified atom stereocenters. The van der Waals surface area contributed by atoms with E-state index in [1.165, 1.54) is 4.68 Å². The number of aromatic nitrogens is 2. The third-order valence-corrected chi connectivity index (χ3v) is 9.21. The minimum absolute atomic E-state index is 0.236. The van der Waals surface area contributed by atoms with Crippen molar-refractivity contribution in [3.05, 3.63) is 92.1 Å². The predicted octanol–water partition coefficient (Wildman–Crippen LogP) is 8.63. The fourth-order valence-corrected chi connectivity index (χ4v) is 6.01. The number of fused-ring (bicyclic) bond motifs is 1. The summed E-state index contributed by atoms with van der Waals surface area (Å²) in [7, 11) is 0. The van der Waals surface area contributed by atoms with E-state index in [9.17, 15) is 4.79 Å². The molecule has 0 atom stereocenters. The van der Waals surface area contributed by atoms with Crippen LogP contribution in [0.4, 0.5) is 0 Å². The van der Waals surface area contributed by atoms with Gasteiger partial charge in [0.15, 0.2) is 11.5 Å². The first-order valence-corrected chi connectivity index (χ1v) is 15.2. The lowest BCUT2D eigenvalue weighted by Gasteiger charge is -2.17. The van der Waals surface area contributed by atoms with Crippen molar-refractivity contribution in [1.82, 2.24) is 9.66 Å². The van der Waals surface area contributed by atoms with Gasteiger partial charge < -0.3 is 9.47 Å². The lowest BCUT2D eigenvalue weighted by Crippen LogP contribution is -2.22. The van der Waals surface area contributed by atoms with Gasteiger partial charge in [0.25, 0.3) is 5.56 Å².